The zero-order valence-corrected chi connectivity index (χ0v) is 18.1. The van der Waals surface area contributed by atoms with Gasteiger partial charge in [-0.05, 0) is 48.6 Å². The Hall–Kier alpha value is -2.57. The molecule has 1 aromatic heterocycles. The summed E-state index contributed by atoms with van der Waals surface area (Å²) in [5.41, 5.74) is 5.23. The van der Waals surface area contributed by atoms with Gasteiger partial charge in [-0.15, -0.1) is 5.10 Å². The molecule has 1 atom stereocenters. The summed E-state index contributed by atoms with van der Waals surface area (Å²) in [7, 11) is 0. The predicted octanol–water partition coefficient (Wildman–Crippen LogP) is 5.55. The number of anilines is 1. The van der Waals surface area contributed by atoms with E-state index < -0.39 is 0 Å². The molecule has 5 rings (SSSR count). The Labute approximate surface area is 184 Å². The number of Topliss-reactive ketones (excluding diaryl/α,β-unsaturated/α-hetero) is 1. The van der Waals surface area contributed by atoms with Crippen molar-refractivity contribution in [2.45, 2.75) is 43.1 Å². The Kier molecular flexibility index (Phi) is 5.13. The van der Waals surface area contributed by atoms with Crippen LogP contribution < -0.4 is 5.32 Å². The number of nitrogens with zero attached hydrogens (tertiary/aromatic N) is 3. The van der Waals surface area contributed by atoms with Gasteiger partial charge in [-0.25, -0.2) is 4.68 Å². The van der Waals surface area contributed by atoms with Crippen molar-refractivity contribution >= 4 is 35.1 Å². The molecular weight excluding hydrogens is 416 g/mol. The van der Waals surface area contributed by atoms with Gasteiger partial charge in [0.1, 0.15) is 6.04 Å². The van der Waals surface area contributed by atoms with E-state index in [0.29, 0.717) is 22.5 Å². The van der Waals surface area contributed by atoms with Crippen molar-refractivity contribution in [1.29, 1.82) is 0 Å². The monoisotopic (exact) mass is 436 g/mol. The van der Waals surface area contributed by atoms with Crippen LogP contribution in [-0.2, 0) is 10.5 Å². The molecule has 0 radical (unpaired) electrons. The van der Waals surface area contributed by atoms with E-state index in [2.05, 4.69) is 30.4 Å². The second kappa shape index (κ2) is 7.93. The Balaban J connectivity index is 1.52. The first-order valence-electron chi connectivity index (χ1n) is 10.0. The van der Waals surface area contributed by atoms with Gasteiger partial charge in [0.25, 0.3) is 0 Å². The van der Waals surface area contributed by atoms with E-state index in [0.717, 1.165) is 35.4 Å². The van der Waals surface area contributed by atoms with Crippen LogP contribution in [0.5, 0.6) is 0 Å². The van der Waals surface area contributed by atoms with Crippen LogP contribution in [0.25, 0.3) is 0 Å². The lowest BCUT2D eigenvalue weighted by molar-refractivity contribution is -0.116. The number of fused-ring (bicyclic) bond motifs is 1. The highest BCUT2D eigenvalue weighted by atomic mass is 35.5. The van der Waals surface area contributed by atoms with Gasteiger partial charge in [-0.2, -0.15) is 4.98 Å². The average molecular weight is 437 g/mol. The molecule has 5 nitrogen and oxygen atoms in total. The molecule has 7 heteroatoms. The van der Waals surface area contributed by atoms with Crippen molar-refractivity contribution < 1.29 is 4.79 Å². The number of hydrogen-bond acceptors (Lipinski definition) is 5. The number of aryl methyl sites for hydroxylation is 1. The van der Waals surface area contributed by atoms with Gasteiger partial charge in [0.2, 0.25) is 11.1 Å². The van der Waals surface area contributed by atoms with E-state index in [9.17, 15) is 4.79 Å². The molecule has 1 N–H and O–H groups in total. The van der Waals surface area contributed by atoms with Crippen LogP contribution in [0, 0.1) is 6.92 Å². The van der Waals surface area contributed by atoms with E-state index in [1.54, 1.807) is 11.8 Å². The lowest BCUT2D eigenvalue weighted by Gasteiger charge is -2.32. The molecule has 0 saturated heterocycles. The minimum absolute atomic E-state index is 0.170. The zero-order chi connectivity index (χ0) is 20.7. The molecule has 152 valence electrons. The third kappa shape index (κ3) is 3.55. The molecule has 2 aromatic carbocycles. The normalized spacial score (nSPS) is 18.1. The maximum atomic E-state index is 12.9. The first kappa shape index (κ1) is 19.4. The van der Waals surface area contributed by atoms with Crippen LogP contribution in [-0.4, -0.2) is 20.5 Å². The molecule has 1 aliphatic heterocycles. The van der Waals surface area contributed by atoms with Crippen molar-refractivity contribution in [2.75, 3.05) is 5.32 Å². The van der Waals surface area contributed by atoms with Crippen molar-refractivity contribution in [3.63, 3.8) is 0 Å². The van der Waals surface area contributed by atoms with Gasteiger partial charge in [0.15, 0.2) is 5.78 Å². The standard InChI is InChI=1S/C23H21ClN4OS/c1-14-6-2-3-7-16(14)13-30-23-26-22-25-18-10-5-11-19(29)20(18)21(28(22)27-23)15-8-4-9-17(24)12-15/h2-4,6-9,12,21H,5,10-11,13H2,1H3,(H,25,26,27)/t21-/m1/s1. The van der Waals surface area contributed by atoms with Crippen LogP contribution in [0.4, 0.5) is 5.95 Å². The number of carbonyl (C=O) groups is 1. The summed E-state index contributed by atoms with van der Waals surface area (Å²) in [4.78, 5) is 17.6. The quantitative estimate of drug-likeness (QED) is 0.543. The van der Waals surface area contributed by atoms with E-state index in [-0.39, 0.29) is 11.8 Å². The van der Waals surface area contributed by atoms with Gasteiger partial charge < -0.3 is 5.32 Å². The zero-order valence-electron chi connectivity index (χ0n) is 16.6. The second-order valence-electron chi connectivity index (χ2n) is 7.63. The van der Waals surface area contributed by atoms with Gasteiger partial charge in [-0.3, -0.25) is 4.79 Å². The summed E-state index contributed by atoms with van der Waals surface area (Å²) in [5.74, 6) is 1.65. The minimum Gasteiger partial charge on any atom is -0.328 e. The smallest absolute Gasteiger partial charge is 0.227 e. The molecule has 2 heterocycles. The van der Waals surface area contributed by atoms with Gasteiger partial charge in [-0.1, -0.05) is 59.8 Å². The van der Waals surface area contributed by atoms with Crippen LogP contribution in [0.15, 0.2) is 65.0 Å². The first-order chi connectivity index (χ1) is 14.6. The molecule has 0 saturated carbocycles. The number of hydrogen-bond donors (Lipinski definition) is 1. The molecule has 0 unspecified atom stereocenters. The van der Waals surface area contributed by atoms with E-state index >= 15 is 0 Å². The summed E-state index contributed by atoms with van der Waals surface area (Å²) in [5, 5.41) is 9.50. The molecule has 1 aliphatic carbocycles. The van der Waals surface area contributed by atoms with Crippen LogP contribution in [0.2, 0.25) is 5.02 Å². The predicted molar refractivity (Wildman–Crippen MR) is 120 cm³/mol. The number of halogens is 1. The van der Waals surface area contributed by atoms with Gasteiger partial charge >= 0.3 is 0 Å². The van der Waals surface area contributed by atoms with Crippen molar-refractivity contribution in [2.24, 2.45) is 0 Å². The molecule has 0 amide bonds. The molecule has 2 aliphatic rings. The van der Waals surface area contributed by atoms with E-state index in [1.807, 2.05) is 35.0 Å². The largest absolute Gasteiger partial charge is 0.328 e. The maximum Gasteiger partial charge on any atom is 0.227 e. The third-order valence-electron chi connectivity index (χ3n) is 5.63. The van der Waals surface area contributed by atoms with Crippen molar-refractivity contribution in [3.05, 3.63) is 81.5 Å². The van der Waals surface area contributed by atoms with Crippen LogP contribution in [0.3, 0.4) is 0 Å². The highest BCUT2D eigenvalue weighted by Crippen LogP contribution is 2.41. The SMILES string of the molecule is Cc1ccccc1CSc1nc2n(n1)[C@H](c1cccc(Cl)c1)C1=C(CCCC1=O)N2. The Morgan fingerprint density at radius 2 is 2.07 bits per heavy atom. The number of aromatic nitrogens is 3. The summed E-state index contributed by atoms with van der Waals surface area (Å²) in [6, 6.07) is 15.7. The summed E-state index contributed by atoms with van der Waals surface area (Å²) in [6.07, 6.45) is 2.27. The number of ketones is 1. The number of thioether (sulfide) groups is 1. The molecule has 3 aromatic rings. The number of carbonyl (C=O) groups excluding carboxylic acids is 1. The summed E-state index contributed by atoms with van der Waals surface area (Å²) >= 11 is 7.88. The van der Waals surface area contributed by atoms with Crippen LogP contribution >= 0.6 is 23.4 Å². The first-order valence-corrected chi connectivity index (χ1v) is 11.4. The Morgan fingerprint density at radius 3 is 2.90 bits per heavy atom. The van der Waals surface area contributed by atoms with E-state index in [4.69, 9.17) is 21.7 Å². The topological polar surface area (TPSA) is 59.8 Å². The number of rotatable bonds is 4. The average Bonchev–Trinajstić information content (AvgIpc) is 3.14. The fourth-order valence-electron chi connectivity index (χ4n) is 4.10. The van der Waals surface area contributed by atoms with Crippen molar-refractivity contribution in [1.82, 2.24) is 14.8 Å². The maximum absolute atomic E-state index is 12.9. The number of nitrogens with one attached hydrogen (secondary N) is 1. The number of allylic oxidation sites excluding steroid dienone is 2. The fourth-order valence-corrected chi connectivity index (χ4v) is 5.20. The van der Waals surface area contributed by atoms with Gasteiger partial charge in [0.05, 0.1) is 0 Å². The summed E-state index contributed by atoms with van der Waals surface area (Å²) < 4.78 is 1.84. The Bertz CT molecular complexity index is 1170. The lowest BCUT2D eigenvalue weighted by Crippen LogP contribution is -2.31. The number of benzene rings is 2. The highest BCUT2D eigenvalue weighted by molar-refractivity contribution is 7.98. The molecule has 0 fully saturated rings. The fraction of sp³-hybridized carbons (Fsp3) is 0.261. The molecule has 30 heavy (non-hydrogen) atoms. The van der Waals surface area contributed by atoms with Gasteiger partial charge in [0, 0.05) is 28.5 Å². The lowest BCUT2D eigenvalue weighted by atomic mass is 9.85. The highest BCUT2D eigenvalue weighted by Gasteiger charge is 2.36. The van der Waals surface area contributed by atoms with Crippen LogP contribution in [0.1, 0.15) is 42.0 Å². The second-order valence-corrected chi connectivity index (χ2v) is 9.01. The van der Waals surface area contributed by atoms with E-state index in [1.165, 1.54) is 11.1 Å². The Morgan fingerprint density at radius 1 is 1.20 bits per heavy atom. The minimum atomic E-state index is -0.303. The molecule has 0 spiro atoms. The van der Waals surface area contributed by atoms with Crippen molar-refractivity contribution in [3.8, 4) is 0 Å². The third-order valence-corrected chi connectivity index (χ3v) is 6.75. The summed E-state index contributed by atoms with van der Waals surface area (Å²) in [6.45, 7) is 2.11. The molecular formula is C23H21ClN4OS. The molecule has 0 bridgehead atoms.